The molecule has 0 aliphatic carbocycles. The van der Waals surface area contributed by atoms with Crippen molar-refractivity contribution in [3.63, 3.8) is 0 Å². The van der Waals surface area contributed by atoms with Crippen molar-refractivity contribution in [3.8, 4) is 0 Å². The van der Waals surface area contributed by atoms with E-state index in [1.54, 1.807) is 11.8 Å². The molecule has 0 fully saturated rings. The molecule has 0 amide bonds. The summed E-state index contributed by atoms with van der Waals surface area (Å²) in [7, 11) is 0. The Balaban J connectivity index is 1.50. The summed E-state index contributed by atoms with van der Waals surface area (Å²) in [6.07, 6.45) is 1.86. The van der Waals surface area contributed by atoms with E-state index < -0.39 is 0 Å². The normalized spacial score (nSPS) is 12.2. The maximum Gasteiger partial charge on any atom is 0.137 e. The molecule has 2 nitrogen and oxygen atoms in total. The van der Waals surface area contributed by atoms with Gasteiger partial charge in [-0.05, 0) is 78.1 Å². The van der Waals surface area contributed by atoms with Gasteiger partial charge in [0, 0.05) is 32.6 Å². The molecule has 0 N–H and O–H groups in total. The van der Waals surface area contributed by atoms with Crippen molar-refractivity contribution in [2.24, 2.45) is 0 Å². The Hall–Kier alpha value is -5.38. The molecule has 0 bridgehead atoms. The second kappa shape index (κ2) is 9.06. The molecule has 0 spiro atoms. The van der Waals surface area contributed by atoms with Crippen molar-refractivity contribution < 1.29 is 4.42 Å². The van der Waals surface area contributed by atoms with Gasteiger partial charge in [-0.15, -0.1) is 0 Å². The van der Waals surface area contributed by atoms with Crippen LogP contribution in [0.5, 0.6) is 0 Å². The number of hydrogen-bond acceptors (Lipinski definition) is 3. The fourth-order valence-electron chi connectivity index (χ4n) is 7.23. The maximum absolute atomic E-state index is 6.84. The van der Waals surface area contributed by atoms with E-state index in [0.717, 1.165) is 21.1 Å². The number of pyridine rings is 1. The summed E-state index contributed by atoms with van der Waals surface area (Å²) in [5.74, 6) is 0. The first-order valence-electron chi connectivity index (χ1n) is 14.9. The summed E-state index contributed by atoms with van der Waals surface area (Å²) in [4.78, 5) is 5.79. The summed E-state index contributed by atoms with van der Waals surface area (Å²) < 4.78 is 6.84. The van der Waals surface area contributed by atoms with E-state index in [9.17, 15) is 0 Å². The lowest BCUT2D eigenvalue weighted by Gasteiger charge is -2.13. The van der Waals surface area contributed by atoms with Crippen LogP contribution in [0.4, 0.5) is 0 Å². The first-order chi connectivity index (χ1) is 21.8. The molecule has 0 radical (unpaired) electrons. The molecule has 0 saturated heterocycles. The molecular formula is C41H23NOS. The number of rotatable bonds is 2. The average Bonchev–Trinajstić information content (AvgIpc) is 3.46. The van der Waals surface area contributed by atoms with Crippen molar-refractivity contribution in [1.29, 1.82) is 0 Å². The van der Waals surface area contributed by atoms with Crippen LogP contribution in [0.15, 0.2) is 154 Å². The third-order valence-corrected chi connectivity index (χ3v) is 10.1. The Morgan fingerprint density at radius 2 is 0.977 bits per heavy atom. The van der Waals surface area contributed by atoms with E-state index in [1.807, 2.05) is 18.3 Å². The second-order valence-electron chi connectivity index (χ2n) is 11.5. The average molecular weight is 578 g/mol. The molecule has 2 heterocycles. The van der Waals surface area contributed by atoms with Crippen LogP contribution in [0.3, 0.4) is 0 Å². The zero-order chi connectivity index (χ0) is 28.8. The van der Waals surface area contributed by atoms with Crippen LogP contribution >= 0.6 is 11.8 Å². The van der Waals surface area contributed by atoms with Crippen molar-refractivity contribution in [3.05, 3.63) is 140 Å². The largest absolute Gasteiger partial charge is 0.456 e. The number of fused-ring (bicyclic) bond motifs is 15. The molecular weight excluding hydrogens is 555 g/mol. The molecule has 204 valence electrons. The quantitative estimate of drug-likeness (QED) is 0.191. The van der Waals surface area contributed by atoms with Gasteiger partial charge in [-0.2, -0.15) is 0 Å². The number of nitrogens with zero attached hydrogens (tertiary/aromatic N) is 1. The molecule has 2 aromatic heterocycles. The summed E-state index contributed by atoms with van der Waals surface area (Å²) in [6, 6.07) is 48.1. The van der Waals surface area contributed by atoms with E-state index in [0.29, 0.717) is 0 Å². The van der Waals surface area contributed by atoms with E-state index in [2.05, 4.69) is 126 Å². The third kappa shape index (κ3) is 3.36. The van der Waals surface area contributed by atoms with Gasteiger partial charge in [0.1, 0.15) is 16.2 Å². The Labute approximate surface area is 256 Å². The predicted octanol–water partition coefficient (Wildman–Crippen LogP) is 12.1. The van der Waals surface area contributed by atoms with E-state index in [1.165, 1.54) is 75.4 Å². The minimum Gasteiger partial charge on any atom is -0.456 e. The maximum atomic E-state index is 6.84. The van der Waals surface area contributed by atoms with Crippen LogP contribution in [0.1, 0.15) is 0 Å². The monoisotopic (exact) mass is 577 g/mol. The van der Waals surface area contributed by atoms with Crippen LogP contribution in [0.25, 0.3) is 86.6 Å². The Bertz CT molecular complexity index is 2790. The van der Waals surface area contributed by atoms with Crippen molar-refractivity contribution in [2.75, 3.05) is 0 Å². The minimum atomic E-state index is 0.899. The molecule has 44 heavy (non-hydrogen) atoms. The van der Waals surface area contributed by atoms with Gasteiger partial charge < -0.3 is 4.42 Å². The number of benzene rings is 8. The van der Waals surface area contributed by atoms with E-state index in [-0.39, 0.29) is 0 Å². The van der Waals surface area contributed by atoms with Gasteiger partial charge in [0.2, 0.25) is 0 Å². The molecule has 0 saturated carbocycles. The number of aromatic nitrogens is 1. The topological polar surface area (TPSA) is 26.0 Å². The third-order valence-electron chi connectivity index (χ3n) is 9.11. The summed E-state index contributed by atoms with van der Waals surface area (Å²) in [5, 5.41) is 18.2. The second-order valence-corrected chi connectivity index (χ2v) is 12.5. The van der Waals surface area contributed by atoms with Crippen LogP contribution in [-0.2, 0) is 0 Å². The molecule has 0 aliphatic heterocycles. The number of furan rings is 1. The highest BCUT2D eigenvalue weighted by atomic mass is 32.2. The fraction of sp³-hybridized carbons (Fsp3) is 0. The van der Waals surface area contributed by atoms with Crippen LogP contribution in [0.2, 0.25) is 0 Å². The highest BCUT2D eigenvalue weighted by molar-refractivity contribution is 7.99. The Morgan fingerprint density at radius 1 is 0.409 bits per heavy atom. The summed E-state index contributed by atoms with van der Waals surface area (Å²) in [5.41, 5.74) is 1.81. The smallest absolute Gasteiger partial charge is 0.137 e. The molecule has 10 aromatic rings. The van der Waals surface area contributed by atoms with Gasteiger partial charge in [0.05, 0.1) is 0 Å². The van der Waals surface area contributed by atoms with Gasteiger partial charge in [-0.1, -0.05) is 121 Å². The van der Waals surface area contributed by atoms with Gasteiger partial charge in [0.15, 0.2) is 0 Å². The van der Waals surface area contributed by atoms with Crippen LogP contribution < -0.4 is 0 Å². The van der Waals surface area contributed by atoms with Crippen LogP contribution in [0, 0.1) is 0 Å². The molecule has 0 aliphatic rings. The first kappa shape index (κ1) is 24.1. The lowest BCUT2D eigenvalue weighted by atomic mass is 9.90. The molecule has 0 unspecified atom stereocenters. The molecule has 8 aromatic carbocycles. The molecule has 3 heteroatoms. The highest BCUT2D eigenvalue weighted by Crippen LogP contribution is 2.48. The first-order valence-corrected chi connectivity index (χ1v) is 15.7. The van der Waals surface area contributed by atoms with Crippen molar-refractivity contribution >= 4 is 98.3 Å². The van der Waals surface area contributed by atoms with E-state index >= 15 is 0 Å². The van der Waals surface area contributed by atoms with Gasteiger partial charge >= 0.3 is 0 Å². The lowest BCUT2D eigenvalue weighted by Crippen LogP contribution is -1.87. The Morgan fingerprint density at radius 3 is 1.68 bits per heavy atom. The fourth-order valence-corrected chi connectivity index (χ4v) is 8.16. The van der Waals surface area contributed by atoms with Crippen molar-refractivity contribution in [2.45, 2.75) is 9.92 Å². The SMILES string of the molecule is c1ccc(Sc2cc3oc4ccc5ccc6ccc7ccccc7c6c5c4c3c3c2ccc2ccc4ccccc4c23)nc1. The standard InChI is InChI=1S/C41H23NOS/c1-3-9-29-24(7-1)12-14-26-16-17-28-19-21-32-40(38(28)36(26)29)41-33(43-32)23-34(44-35-11-5-6-22-42-35)31-20-18-27-15-13-25-8-2-4-10-30(25)37(27)39(31)41/h1-23H. The summed E-state index contributed by atoms with van der Waals surface area (Å²) >= 11 is 1.69. The van der Waals surface area contributed by atoms with Crippen LogP contribution in [-0.4, -0.2) is 4.98 Å². The van der Waals surface area contributed by atoms with Gasteiger partial charge in [0.25, 0.3) is 0 Å². The lowest BCUT2D eigenvalue weighted by molar-refractivity contribution is 0.668. The Kier molecular flexibility index (Phi) is 4.96. The van der Waals surface area contributed by atoms with Gasteiger partial charge in [-0.25, -0.2) is 4.98 Å². The minimum absolute atomic E-state index is 0.899. The van der Waals surface area contributed by atoms with E-state index in [4.69, 9.17) is 4.42 Å². The molecule has 0 atom stereocenters. The zero-order valence-electron chi connectivity index (χ0n) is 23.5. The van der Waals surface area contributed by atoms with Gasteiger partial charge in [-0.3, -0.25) is 0 Å². The highest BCUT2D eigenvalue weighted by Gasteiger charge is 2.21. The predicted molar refractivity (Wildman–Crippen MR) is 187 cm³/mol. The summed E-state index contributed by atoms with van der Waals surface area (Å²) in [6.45, 7) is 0. The zero-order valence-corrected chi connectivity index (χ0v) is 24.4. The van der Waals surface area contributed by atoms with Crippen molar-refractivity contribution in [1.82, 2.24) is 4.98 Å². The number of hydrogen-bond donors (Lipinski definition) is 0. The molecule has 10 rings (SSSR count).